The Morgan fingerprint density at radius 1 is 1.60 bits per heavy atom. The average molecular weight is 237 g/mol. The van der Waals surface area contributed by atoms with Crippen molar-refractivity contribution in [3.63, 3.8) is 0 Å². The van der Waals surface area contributed by atoms with Gasteiger partial charge in [-0.15, -0.1) is 6.58 Å². The number of nitrogens with zero attached hydrogens (tertiary/aromatic N) is 1. The van der Waals surface area contributed by atoms with E-state index in [2.05, 4.69) is 6.58 Å². The van der Waals surface area contributed by atoms with Gasteiger partial charge in [0.15, 0.2) is 0 Å². The SMILES string of the molecule is C=CCC(CS(=O)(=O)O)N(C)CC(=O)O. The maximum Gasteiger partial charge on any atom is 0.317 e. The number of carbonyl (C=O) groups is 1. The first-order valence-corrected chi connectivity index (χ1v) is 5.85. The second-order valence-corrected chi connectivity index (χ2v) is 4.73. The molecular weight excluding hydrogens is 222 g/mol. The van der Waals surface area contributed by atoms with Crippen molar-refractivity contribution in [2.45, 2.75) is 12.5 Å². The largest absolute Gasteiger partial charge is 0.480 e. The van der Waals surface area contributed by atoms with E-state index in [-0.39, 0.29) is 6.54 Å². The standard InChI is InChI=1S/C8H15NO5S/c1-3-4-7(6-15(12,13)14)9(2)5-8(10)11/h3,7H,1,4-6H2,2H3,(H,10,11)(H,12,13,14). The first-order valence-electron chi connectivity index (χ1n) is 4.24. The van der Waals surface area contributed by atoms with Crippen molar-refractivity contribution >= 4 is 16.1 Å². The van der Waals surface area contributed by atoms with E-state index in [4.69, 9.17) is 9.66 Å². The van der Waals surface area contributed by atoms with E-state index in [1.54, 1.807) is 0 Å². The van der Waals surface area contributed by atoms with E-state index in [0.29, 0.717) is 6.42 Å². The summed E-state index contributed by atoms with van der Waals surface area (Å²) in [6, 6.07) is -0.575. The van der Waals surface area contributed by atoms with Crippen LogP contribution >= 0.6 is 0 Å². The maximum absolute atomic E-state index is 10.7. The monoisotopic (exact) mass is 237 g/mol. The van der Waals surface area contributed by atoms with Crippen LogP contribution in [0.15, 0.2) is 12.7 Å². The van der Waals surface area contributed by atoms with Crippen molar-refractivity contribution in [1.82, 2.24) is 4.90 Å². The Bertz CT molecular complexity index is 324. The Labute approximate surface area is 88.9 Å². The molecule has 0 aliphatic heterocycles. The molecule has 15 heavy (non-hydrogen) atoms. The number of hydrogen-bond acceptors (Lipinski definition) is 4. The van der Waals surface area contributed by atoms with Gasteiger partial charge >= 0.3 is 5.97 Å². The van der Waals surface area contributed by atoms with E-state index in [1.165, 1.54) is 18.0 Å². The zero-order valence-corrected chi connectivity index (χ0v) is 9.27. The molecule has 0 aromatic heterocycles. The molecule has 1 unspecified atom stereocenters. The topological polar surface area (TPSA) is 94.9 Å². The van der Waals surface area contributed by atoms with Crippen LogP contribution < -0.4 is 0 Å². The summed E-state index contributed by atoms with van der Waals surface area (Å²) in [6.45, 7) is 3.16. The highest BCUT2D eigenvalue weighted by Crippen LogP contribution is 2.05. The number of hydrogen-bond donors (Lipinski definition) is 2. The predicted molar refractivity (Wildman–Crippen MR) is 55.3 cm³/mol. The average Bonchev–Trinajstić information content (AvgIpc) is 1.99. The predicted octanol–water partition coefficient (Wildman–Crippen LogP) is -0.165. The van der Waals surface area contributed by atoms with Crippen molar-refractivity contribution in [3.8, 4) is 0 Å². The molecule has 1 atom stereocenters. The minimum absolute atomic E-state index is 0.284. The van der Waals surface area contributed by atoms with Gasteiger partial charge in [-0.3, -0.25) is 14.2 Å². The summed E-state index contributed by atoms with van der Waals surface area (Å²) < 4.78 is 30.0. The van der Waals surface area contributed by atoms with Crippen molar-refractivity contribution in [2.24, 2.45) is 0 Å². The smallest absolute Gasteiger partial charge is 0.317 e. The Balaban J connectivity index is 4.50. The van der Waals surface area contributed by atoms with Gasteiger partial charge in [0.25, 0.3) is 10.1 Å². The van der Waals surface area contributed by atoms with Gasteiger partial charge in [0.2, 0.25) is 0 Å². The second-order valence-electron chi connectivity index (χ2n) is 3.24. The van der Waals surface area contributed by atoms with Crippen molar-refractivity contribution in [1.29, 1.82) is 0 Å². The molecule has 88 valence electrons. The van der Waals surface area contributed by atoms with Gasteiger partial charge in [-0.1, -0.05) is 6.08 Å². The first kappa shape index (κ1) is 14.1. The zero-order valence-electron chi connectivity index (χ0n) is 8.46. The van der Waals surface area contributed by atoms with Crippen LogP contribution in [0.3, 0.4) is 0 Å². The summed E-state index contributed by atoms with van der Waals surface area (Å²) in [5, 5.41) is 8.52. The third-order valence-corrected chi connectivity index (χ3v) is 2.66. The molecule has 6 nitrogen and oxygen atoms in total. The number of rotatable bonds is 7. The Morgan fingerprint density at radius 3 is 2.47 bits per heavy atom. The zero-order chi connectivity index (χ0) is 12.1. The van der Waals surface area contributed by atoms with Crippen LogP contribution in [0.1, 0.15) is 6.42 Å². The molecule has 0 rings (SSSR count). The Morgan fingerprint density at radius 2 is 2.13 bits per heavy atom. The van der Waals surface area contributed by atoms with E-state index in [1.807, 2.05) is 0 Å². The molecule has 0 bridgehead atoms. The molecule has 0 aliphatic rings. The fourth-order valence-electron chi connectivity index (χ4n) is 1.15. The maximum atomic E-state index is 10.7. The fraction of sp³-hybridized carbons (Fsp3) is 0.625. The summed E-state index contributed by atoms with van der Waals surface area (Å²) in [6.07, 6.45) is 1.78. The summed E-state index contributed by atoms with van der Waals surface area (Å²) in [4.78, 5) is 11.7. The summed E-state index contributed by atoms with van der Waals surface area (Å²) in [5.41, 5.74) is 0. The molecule has 0 fully saturated rings. The van der Waals surface area contributed by atoms with Gasteiger partial charge in [-0.05, 0) is 13.5 Å². The van der Waals surface area contributed by atoms with Gasteiger partial charge in [0, 0.05) is 6.04 Å². The van der Waals surface area contributed by atoms with Gasteiger partial charge < -0.3 is 5.11 Å². The fourth-order valence-corrected chi connectivity index (χ4v) is 2.03. The van der Waals surface area contributed by atoms with Gasteiger partial charge in [-0.2, -0.15) is 8.42 Å². The summed E-state index contributed by atoms with van der Waals surface area (Å²) in [7, 11) is -2.63. The highest BCUT2D eigenvalue weighted by atomic mass is 32.2. The Hall–Kier alpha value is -0.920. The van der Waals surface area contributed by atoms with Crippen LogP contribution in [0.4, 0.5) is 0 Å². The van der Waals surface area contributed by atoms with Gasteiger partial charge in [-0.25, -0.2) is 0 Å². The highest BCUT2D eigenvalue weighted by molar-refractivity contribution is 7.85. The van der Waals surface area contributed by atoms with Crippen LogP contribution in [0.5, 0.6) is 0 Å². The molecular formula is C8H15NO5S. The summed E-state index contributed by atoms with van der Waals surface area (Å²) in [5.74, 6) is -1.55. The highest BCUT2D eigenvalue weighted by Gasteiger charge is 2.21. The van der Waals surface area contributed by atoms with Crippen LogP contribution in [0.2, 0.25) is 0 Å². The van der Waals surface area contributed by atoms with E-state index >= 15 is 0 Å². The van der Waals surface area contributed by atoms with Crippen molar-refractivity contribution in [2.75, 3.05) is 19.3 Å². The molecule has 0 saturated heterocycles. The molecule has 0 aromatic rings. The van der Waals surface area contributed by atoms with Crippen LogP contribution in [0.25, 0.3) is 0 Å². The Kier molecular flexibility index (Phi) is 5.48. The van der Waals surface area contributed by atoms with Gasteiger partial charge in [0.05, 0.1) is 12.3 Å². The minimum atomic E-state index is -4.11. The molecule has 0 aromatic carbocycles. The molecule has 0 aliphatic carbocycles. The number of likely N-dealkylation sites (N-methyl/N-ethyl adjacent to an activating group) is 1. The molecule has 0 spiro atoms. The third-order valence-electron chi connectivity index (χ3n) is 1.85. The second kappa shape index (κ2) is 5.84. The quantitative estimate of drug-likeness (QED) is 0.472. The van der Waals surface area contributed by atoms with E-state index < -0.39 is 27.9 Å². The minimum Gasteiger partial charge on any atom is -0.480 e. The molecule has 0 amide bonds. The summed E-state index contributed by atoms with van der Waals surface area (Å²) >= 11 is 0. The molecule has 0 heterocycles. The van der Waals surface area contributed by atoms with Crippen molar-refractivity contribution < 1.29 is 22.9 Å². The van der Waals surface area contributed by atoms with E-state index in [9.17, 15) is 13.2 Å². The molecule has 0 saturated carbocycles. The van der Waals surface area contributed by atoms with Crippen molar-refractivity contribution in [3.05, 3.63) is 12.7 Å². The molecule has 0 radical (unpaired) electrons. The number of aliphatic carboxylic acids is 1. The van der Waals surface area contributed by atoms with Gasteiger partial charge in [0.1, 0.15) is 0 Å². The van der Waals surface area contributed by atoms with E-state index in [0.717, 1.165) is 0 Å². The lowest BCUT2D eigenvalue weighted by molar-refractivity contribution is -0.138. The van der Waals surface area contributed by atoms with Crippen LogP contribution in [-0.2, 0) is 14.9 Å². The van der Waals surface area contributed by atoms with Crippen LogP contribution in [0, 0.1) is 0 Å². The molecule has 7 heteroatoms. The lowest BCUT2D eigenvalue weighted by atomic mass is 10.2. The normalized spacial score (nSPS) is 13.8. The third kappa shape index (κ3) is 7.06. The number of carboxylic acid groups (broad SMARTS) is 1. The lowest BCUT2D eigenvalue weighted by Crippen LogP contribution is -2.40. The van der Waals surface area contributed by atoms with Crippen LogP contribution in [-0.4, -0.2) is 54.3 Å². The number of carboxylic acids is 1. The molecule has 2 N–H and O–H groups in total. The lowest BCUT2D eigenvalue weighted by Gasteiger charge is -2.24. The first-order chi connectivity index (χ1) is 6.76.